The topological polar surface area (TPSA) is 41.1 Å². The Balaban J connectivity index is 0.00000103. The molecule has 0 bridgehead atoms. The quantitative estimate of drug-likeness (QED) is 0.846. The smallest absolute Gasteiger partial charge is 0.228 e. The summed E-state index contributed by atoms with van der Waals surface area (Å²) in [5.74, 6) is 0.256. The third-order valence-corrected chi connectivity index (χ3v) is 2.99. The van der Waals surface area contributed by atoms with Crippen molar-refractivity contribution in [1.29, 1.82) is 0 Å². The van der Waals surface area contributed by atoms with Crippen LogP contribution in [-0.2, 0) is 4.79 Å². The predicted molar refractivity (Wildman–Crippen MR) is 78.9 cm³/mol. The van der Waals surface area contributed by atoms with Crippen LogP contribution >= 0.6 is 0 Å². The maximum absolute atomic E-state index is 11.9. The highest BCUT2D eigenvalue weighted by molar-refractivity contribution is 5.92. The molecular weight excluding hydrogens is 224 g/mol. The third kappa shape index (κ3) is 4.49. The first-order valence-corrected chi connectivity index (χ1v) is 6.84. The number of hydrogen-bond donors (Lipinski definition) is 2. The molecule has 3 heteroatoms. The first-order valence-electron chi connectivity index (χ1n) is 6.84. The van der Waals surface area contributed by atoms with Crippen molar-refractivity contribution in [3.05, 3.63) is 29.8 Å². The van der Waals surface area contributed by atoms with Gasteiger partial charge in [0.05, 0.1) is 5.92 Å². The van der Waals surface area contributed by atoms with E-state index in [2.05, 4.69) is 10.6 Å². The Morgan fingerprint density at radius 2 is 2.00 bits per heavy atom. The summed E-state index contributed by atoms with van der Waals surface area (Å²) in [5, 5.41) is 6.21. The third-order valence-electron chi connectivity index (χ3n) is 2.99. The fourth-order valence-corrected chi connectivity index (χ4v) is 1.96. The molecule has 0 radical (unpaired) electrons. The van der Waals surface area contributed by atoms with Gasteiger partial charge in [-0.15, -0.1) is 0 Å². The van der Waals surface area contributed by atoms with Crippen molar-refractivity contribution in [2.24, 2.45) is 5.92 Å². The summed E-state index contributed by atoms with van der Waals surface area (Å²) in [6.07, 6.45) is 2.08. The monoisotopic (exact) mass is 250 g/mol. The lowest BCUT2D eigenvalue weighted by Crippen LogP contribution is -2.37. The van der Waals surface area contributed by atoms with Crippen molar-refractivity contribution in [3.8, 4) is 0 Å². The fraction of sp³-hybridized carbons (Fsp3) is 0.533. The van der Waals surface area contributed by atoms with Gasteiger partial charge in [0.2, 0.25) is 5.91 Å². The van der Waals surface area contributed by atoms with Gasteiger partial charge < -0.3 is 10.6 Å². The molecule has 3 nitrogen and oxygen atoms in total. The summed E-state index contributed by atoms with van der Waals surface area (Å²) in [6, 6.07) is 7.91. The van der Waals surface area contributed by atoms with Crippen LogP contribution in [-0.4, -0.2) is 19.0 Å². The van der Waals surface area contributed by atoms with E-state index in [1.807, 2.05) is 45.0 Å². The van der Waals surface area contributed by atoms with Gasteiger partial charge in [0.15, 0.2) is 0 Å². The summed E-state index contributed by atoms with van der Waals surface area (Å²) in [7, 11) is 0. The number of carbonyl (C=O) groups is 1. The molecule has 0 aliphatic carbocycles. The van der Waals surface area contributed by atoms with Gasteiger partial charge in [-0.25, -0.2) is 0 Å². The molecule has 1 saturated heterocycles. The minimum atomic E-state index is 0. The number of anilines is 1. The molecular formula is C15H26N2O. The molecule has 0 saturated carbocycles. The van der Waals surface area contributed by atoms with Gasteiger partial charge in [-0.05, 0) is 38.4 Å². The average molecular weight is 250 g/mol. The Morgan fingerprint density at radius 3 is 2.56 bits per heavy atom. The number of rotatable bonds is 2. The number of amides is 1. The summed E-state index contributed by atoms with van der Waals surface area (Å²) >= 11 is 0. The zero-order valence-electron chi connectivity index (χ0n) is 11.6. The SMILES string of the molecule is CC.Cc1ccc(NC(=O)C2CCCNC2)cc1.[HH]. The Labute approximate surface area is 111 Å². The van der Waals surface area contributed by atoms with Gasteiger partial charge >= 0.3 is 0 Å². The highest BCUT2D eigenvalue weighted by Gasteiger charge is 2.20. The molecule has 1 aliphatic heterocycles. The van der Waals surface area contributed by atoms with Gasteiger partial charge in [0.25, 0.3) is 0 Å². The molecule has 1 fully saturated rings. The maximum Gasteiger partial charge on any atom is 0.228 e. The zero-order chi connectivity index (χ0) is 13.4. The maximum atomic E-state index is 11.9. The van der Waals surface area contributed by atoms with Crippen LogP contribution in [0.4, 0.5) is 5.69 Å². The molecule has 102 valence electrons. The predicted octanol–water partition coefficient (Wildman–Crippen LogP) is 3.21. The lowest BCUT2D eigenvalue weighted by molar-refractivity contribution is -0.120. The molecule has 1 atom stereocenters. The second-order valence-electron chi connectivity index (χ2n) is 4.40. The highest BCUT2D eigenvalue weighted by atomic mass is 16.1. The molecule has 1 aliphatic rings. The van der Waals surface area contributed by atoms with Crippen molar-refractivity contribution < 1.29 is 6.22 Å². The molecule has 1 heterocycles. The second-order valence-corrected chi connectivity index (χ2v) is 4.40. The Hall–Kier alpha value is -1.35. The van der Waals surface area contributed by atoms with Crippen molar-refractivity contribution >= 4 is 11.6 Å². The lowest BCUT2D eigenvalue weighted by atomic mass is 9.99. The molecule has 1 aromatic carbocycles. The standard InChI is InChI=1S/C13H18N2O.C2H6.H2/c1-10-4-6-12(7-5-10)15-13(16)11-3-2-8-14-9-11;1-2;/h4-7,11,14H,2-3,8-9H2,1H3,(H,15,16);1-2H3;1H. The lowest BCUT2D eigenvalue weighted by Gasteiger charge is -2.21. The van der Waals surface area contributed by atoms with E-state index >= 15 is 0 Å². The minimum Gasteiger partial charge on any atom is -0.326 e. The highest BCUT2D eigenvalue weighted by Crippen LogP contribution is 2.14. The van der Waals surface area contributed by atoms with Crippen LogP contribution in [0.3, 0.4) is 0 Å². The summed E-state index contributed by atoms with van der Waals surface area (Å²) in [5.41, 5.74) is 2.10. The zero-order valence-corrected chi connectivity index (χ0v) is 11.6. The molecule has 0 spiro atoms. The van der Waals surface area contributed by atoms with E-state index in [9.17, 15) is 4.79 Å². The van der Waals surface area contributed by atoms with Gasteiger partial charge in [0, 0.05) is 13.7 Å². The molecule has 1 unspecified atom stereocenters. The van der Waals surface area contributed by atoms with Crippen molar-refractivity contribution in [2.45, 2.75) is 33.6 Å². The summed E-state index contributed by atoms with van der Waals surface area (Å²) < 4.78 is 0. The van der Waals surface area contributed by atoms with Crippen LogP contribution in [0, 0.1) is 12.8 Å². The number of hydrogen-bond acceptors (Lipinski definition) is 2. The molecule has 2 N–H and O–H groups in total. The van der Waals surface area contributed by atoms with Crippen LogP contribution in [0.2, 0.25) is 0 Å². The first kappa shape index (κ1) is 14.7. The van der Waals surface area contributed by atoms with Gasteiger partial charge in [-0.3, -0.25) is 4.79 Å². The second kappa shape index (κ2) is 7.88. The normalized spacial score (nSPS) is 18.5. The van der Waals surface area contributed by atoms with Crippen LogP contribution in [0.15, 0.2) is 24.3 Å². The first-order chi connectivity index (χ1) is 8.75. The molecule has 1 aromatic rings. The summed E-state index contributed by atoms with van der Waals surface area (Å²) in [4.78, 5) is 11.9. The summed E-state index contributed by atoms with van der Waals surface area (Å²) in [6.45, 7) is 7.88. The fourth-order valence-electron chi connectivity index (χ4n) is 1.96. The largest absolute Gasteiger partial charge is 0.326 e. The van der Waals surface area contributed by atoms with Gasteiger partial charge in [0.1, 0.15) is 0 Å². The Bertz CT molecular complexity index is 359. The van der Waals surface area contributed by atoms with Crippen LogP contribution in [0.1, 0.15) is 33.7 Å². The van der Waals surface area contributed by atoms with E-state index in [1.54, 1.807) is 0 Å². The van der Waals surface area contributed by atoms with E-state index in [0.717, 1.165) is 31.6 Å². The van der Waals surface area contributed by atoms with E-state index in [4.69, 9.17) is 0 Å². The number of nitrogens with one attached hydrogen (secondary N) is 2. The van der Waals surface area contributed by atoms with Gasteiger partial charge in [-0.2, -0.15) is 0 Å². The number of carbonyl (C=O) groups excluding carboxylic acids is 1. The van der Waals surface area contributed by atoms with Crippen LogP contribution in [0.25, 0.3) is 0 Å². The van der Waals surface area contributed by atoms with Crippen LogP contribution in [0.5, 0.6) is 0 Å². The molecule has 1 amide bonds. The number of piperidine rings is 1. The number of benzene rings is 1. The van der Waals surface area contributed by atoms with Gasteiger partial charge in [-0.1, -0.05) is 31.5 Å². The Morgan fingerprint density at radius 1 is 1.33 bits per heavy atom. The molecule has 2 rings (SSSR count). The number of aryl methyl sites for hydroxylation is 1. The minimum absolute atomic E-state index is 0. The van der Waals surface area contributed by atoms with Crippen LogP contribution < -0.4 is 10.6 Å². The van der Waals surface area contributed by atoms with Crippen molar-refractivity contribution in [3.63, 3.8) is 0 Å². The molecule has 18 heavy (non-hydrogen) atoms. The average Bonchev–Trinajstić information content (AvgIpc) is 2.44. The van der Waals surface area contributed by atoms with E-state index < -0.39 is 0 Å². The van der Waals surface area contributed by atoms with Crippen molar-refractivity contribution in [1.82, 2.24) is 5.32 Å². The molecule has 0 aromatic heterocycles. The van der Waals surface area contributed by atoms with E-state index in [-0.39, 0.29) is 13.3 Å². The van der Waals surface area contributed by atoms with E-state index in [0.29, 0.717) is 0 Å². The van der Waals surface area contributed by atoms with E-state index in [1.165, 1.54) is 5.56 Å². The Kier molecular flexibility index (Phi) is 6.44. The van der Waals surface area contributed by atoms with Crippen molar-refractivity contribution in [2.75, 3.05) is 18.4 Å².